The molecule has 5 rings (SSSR count). The highest BCUT2D eigenvalue weighted by atomic mass is 16.5. The van der Waals surface area contributed by atoms with Crippen LogP contribution < -0.4 is 10.5 Å². The molecule has 4 aromatic rings. The number of benzene rings is 2. The molecule has 2 aromatic heterocycles. The van der Waals surface area contributed by atoms with Gasteiger partial charge in [-0.2, -0.15) is 0 Å². The number of nitrogens with zero attached hydrogens (tertiary/aromatic N) is 4. The first-order valence-electron chi connectivity index (χ1n) is 9.74. The van der Waals surface area contributed by atoms with Gasteiger partial charge in [-0.15, -0.1) is 10.2 Å². The molecule has 0 fully saturated rings. The van der Waals surface area contributed by atoms with Crippen molar-refractivity contribution in [3.8, 4) is 34.0 Å². The van der Waals surface area contributed by atoms with E-state index >= 15 is 0 Å². The first-order chi connectivity index (χ1) is 14.3. The maximum absolute atomic E-state index is 5.95. The van der Waals surface area contributed by atoms with Crippen LogP contribution in [0.15, 0.2) is 60.7 Å². The van der Waals surface area contributed by atoms with E-state index in [1.54, 1.807) is 0 Å². The van der Waals surface area contributed by atoms with Gasteiger partial charge in [0, 0.05) is 24.1 Å². The number of hydrogen-bond acceptors (Lipinski definition) is 5. The van der Waals surface area contributed by atoms with Gasteiger partial charge in [-0.05, 0) is 17.2 Å². The number of ether oxygens (including phenoxy) is 1. The third-order valence-electron chi connectivity index (χ3n) is 5.21. The lowest BCUT2D eigenvalue weighted by Gasteiger charge is -2.22. The molecule has 1 aliphatic heterocycles. The lowest BCUT2D eigenvalue weighted by Crippen LogP contribution is -2.16. The zero-order valence-corrected chi connectivity index (χ0v) is 16.2. The Morgan fingerprint density at radius 3 is 2.52 bits per heavy atom. The predicted molar refractivity (Wildman–Crippen MR) is 112 cm³/mol. The van der Waals surface area contributed by atoms with E-state index in [0.717, 1.165) is 51.7 Å². The summed E-state index contributed by atoms with van der Waals surface area (Å²) >= 11 is 0. The topological polar surface area (TPSA) is 78.9 Å². The Morgan fingerprint density at radius 2 is 1.79 bits per heavy atom. The van der Waals surface area contributed by atoms with Crippen molar-refractivity contribution >= 4 is 0 Å². The first-order valence-corrected chi connectivity index (χ1v) is 9.74. The quantitative estimate of drug-likeness (QED) is 0.578. The molecule has 144 valence electrons. The zero-order chi connectivity index (χ0) is 19.8. The molecule has 0 spiro atoms. The van der Waals surface area contributed by atoms with Crippen LogP contribution >= 0.6 is 0 Å². The van der Waals surface area contributed by atoms with E-state index in [0.29, 0.717) is 19.0 Å². The van der Waals surface area contributed by atoms with Crippen molar-refractivity contribution in [3.05, 3.63) is 77.9 Å². The van der Waals surface area contributed by atoms with Gasteiger partial charge in [-0.25, -0.2) is 4.98 Å². The maximum Gasteiger partial charge on any atom is 0.239 e. The van der Waals surface area contributed by atoms with Crippen LogP contribution in [0.4, 0.5) is 0 Å². The molecule has 0 aliphatic carbocycles. The third-order valence-corrected chi connectivity index (χ3v) is 5.21. The molecule has 0 saturated heterocycles. The molecule has 0 unspecified atom stereocenters. The molecule has 6 nitrogen and oxygen atoms in total. The molecule has 6 heteroatoms. The van der Waals surface area contributed by atoms with Crippen LogP contribution in [-0.4, -0.2) is 19.7 Å². The molecule has 2 aromatic carbocycles. The molecule has 1 aliphatic rings. The Morgan fingerprint density at radius 1 is 1.00 bits per heavy atom. The largest absolute Gasteiger partial charge is 0.468 e. The van der Waals surface area contributed by atoms with E-state index in [9.17, 15) is 0 Å². The minimum Gasteiger partial charge on any atom is -0.468 e. The highest BCUT2D eigenvalue weighted by Crippen LogP contribution is 2.38. The van der Waals surface area contributed by atoms with Crippen molar-refractivity contribution in [2.45, 2.75) is 26.5 Å². The molecule has 3 heterocycles. The summed E-state index contributed by atoms with van der Waals surface area (Å²) < 4.78 is 8.02. The number of rotatable bonds is 4. The number of nitrogens with two attached hydrogens (primary N) is 1. The van der Waals surface area contributed by atoms with Gasteiger partial charge in [-0.3, -0.25) is 4.57 Å². The molecule has 0 amide bonds. The van der Waals surface area contributed by atoms with Gasteiger partial charge in [0.2, 0.25) is 5.88 Å². The predicted octanol–water partition coefficient (Wildman–Crippen LogP) is 3.91. The normalized spacial score (nSPS) is 12.2. The monoisotopic (exact) mass is 383 g/mol. The summed E-state index contributed by atoms with van der Waals surface area (Å²) in [4.78, 5) is 4.94. The van der Waals surface area contributed by atoms with E-state index in [1.807, 2.05) is 30.3 Å². The van der Waals surface area contributed by atoms with Crippen LogP contribution in [0.5, 0.6) is 5.88 Å². The Kier molecular flexibility index (Phi) is 4.33. The second kappa shape index (κ2) is 7.14. The van der Waals surface area contributed by atoms with Crippen molar-refractivity contribution in [2.75, 3.05) is 0 Å². The lowest BCUT2D eigenvalue weighted by molar-refractivity contribution is 0.267. The van der Waals surface area contributed by atoms with Crippen LogP contribution in [0.1, 0.15) is 24.1 Å². The smallest absolute Gasteiger partial charge is 0.239 e. The van der Waals surface area contributed by atoms with Crippen molar-refractivity contribution < 1.29 is 4.74 Å². The average Bonchev–Trinajstić information content (AvgIpc) is 3.22. The second-order valence-corrected chi connectivity index (χ2v) is 6.99. The Bertz CT molecular complexity index is 1150. The third kappa shape index (κ3) is 2.98. The lowest BCUT2D eigenvalue weighted by atomic mass is 9.98. The van der Waals surface area contributed by atoms with E-state index in [4.69, 9.17) is 15.5 Å². The van der Waals surface area contributed by atoms with Crippen LogP contribution in [-0.2, 0) is 19.6 Å². The Labute approximate surface area is 169 Å². The minimum absolute atomic E-state index is 0.364. The summed E-state index contributed by atoms with van der Waals surface area (Å²) in [5.41, 5.74) is 11.8. The molecule has 0 radical (unpaired) electrons. The Hall–Kier alpha value is -3.51. The van der Waals surface area contributed by atoms with Crippen molar-refractivity contribution in [1.29, 1.82) is 0 Å². The summed E-state index contributed by atoms with van der Waals surface area (Å²) in [5.74, 6) is 2.31. The van der Waals surface area contributed by atoms with Gasteiger partial charge < -0.3 is 10.5 Å². The van der Waals surface area contributed by atoms with E-state index in [-0.39, 0.29) is 0 Å². The SMILES string of the molecule is CCc1nnc2n1-c1cc(-c3ccccc3)c(-c3ccc(CN)cc3)nc1OC2. The van der Waals surface area contributed by atoms with Crippen LogP contribution in [0.25, 0.3) is 28.1 Å². The van der Waals surface area contributed by atoms with Crippen molar-refractivity contribution in [3.63, 3.8) is 0 Å². The molecule has 0 atom stereocenters. The maximum atomic E-state index is 5.95. The summed E-state index contributed by atoms with van der Waals surface area (Å²) in [6.45, 7) is 2.96. The number of fused-ring (bicyclic) bond motifs is 3. The van der Waals surface area contributed by atoms with Crippen LogP contribution in [0, 0.1) is 0 Å². The zero-order valence-electron chi connectivity index (χ0n) is 16.2. The van der Waals surface area contributed by atoms with Crippen molar-refractivity contribution in [2.24, 2.45) is 5.73 Å². The van der Waals surface area contributed by atoms with Gasteiger partial charge in [0.1, 0.15) is 11.5 Å². The van der Waals surface area contributed by atoms with Gasteiger partial charge in [0.25, 0.3) is 0 Å². The fourth-order valence-electron chi connectivity index (χ4n) is 3.70. The number of hydrogen-bond donors (Lipinski definition) is 1. The Balaban J connectivity index is 1.75. The molecule has 2 N–H and O–H groups in total. The molecular weight excluding hydrogens is 362 g/mol. The van der Waals surface area contributed by atoms with Crippen LogP contribution in [0.2, 0.25) is 0 Å². The van der Waals surface area contributed by atoms with Crippen LogP contribution in [0.3, 0.4) is 0 Å². The molecule has 0 saturated carbocycles. The second-order valence-electron chi connectivity index (χ2n) is 6.99. The first kappa shape index (κ1) is 17.6. The van der Waals surface area contributed by atoms with E-state index in [2.05, 4.69) is 52.0 Å². The van der Waals surface area contributed by atoms with Gasteiger partial charge in [0.15, 0.2) is 12.4 Å². The number of aryl methyl sites for hydroxylation is 1. The van der Waals surface area contributed by atoms with E-state index < -0.39 is 0 Å². The van der Waals surface area contributed by atoms with E-state index in [1.165, 1.54) is 0 Å². The highest BCUT2D eigenvalue weighted by molar-refractivity contribution is 5.83. The van der Waals surface area contributed by atoms with Crippen molar-refractivity contribution in [1.82, 2.24) is 19.7 Å². The summed E-state index contributed by atoms with van der Waals surface area (Å²) in [6, 6.07) is 20.6. The van der Waals surface area contributed by atoms with Gasteiger partial charge in [-0.1, -0.05) is 61.5 Å². The molecule has 0 bridgehead atoms. The molecular formula is C23H21N5O. The minimum atomic E-state index is 0.364. The molecule has 29 heavy (non-hydrogen) atoms. The average molecular weight is 383 g/mol. The van der Waals surface area contributed by atoms with Gasteiger partial charge >= 0.3 is 0 Å². The fourth-order valence-corrected chi connectivity index (χ4v) is 3.70. The summed E-state index contributed by atoms with van der Waals surface area (Å²) in [5, 5.41) is 8.59. The highest BCUT2D eigenvalue weighted by Gasteiger charge is 2.25. The van der Waals surface area contributed by atoms with Gasteiger partial charge in [0.05, 0.1) is 5.69 Å². The number of aromatic nitrogens is 4. The number of pyridine rings is 1. The standard InChI is InChI=1S/C23H21N5O/c1-2-20-26-27-21-14-29-23-19(28(20)21)12-18(16-6-4-3-5-7-16)22(25-23)17-10-8-15(13-24)9-11-17/h3-12H,2,13-14,24H2,1H3. The summed E-state index contributed by atoms with van der Waals surface area (Å²) in [6.07, 6.45) is 0.787. The fraction of sp³-hybridized carbons (Fsp3) is 0.174. The summed E-state index contributed by atoms with van der Waals surface area (Å²) in [7, 11) is 0.